The molecule has 0 bridgehead atoms. The Morgan fingerprint density at radius 1 is 1.12 bits per heavy atom. The van der Waals surface area contributed by atoms with Gasteiger partial charge in [-0.3, -0.25) is 0 Å². The lowest BCUT2D eigenvalue weighted by Gasteiger charge is -2.15. The second-order valence-electron chi connectivity index (χ2n) is 12.6. The predicted octanol–water partition coefficient (Wildman–Crippen LogP) is 11.5. The summed E-state index contributed by atoms with van der Waals surface area (Å²) in [5.41, 5.74) is 9.96. The molecule has 2 aromatic rings. The number of hydrogen-bond acceptors (Lipinski definition) is 3. The summed E-state index contributed by atoms with van der Waals surface area (Å²) in [5.74, 6) is 0.0702. The Morgan fingerprint density at radius 3 is 2.58 bits per heavy atom. The maximum absolute atomic E-state index is 13.5. The number of carbonyl (C=O) groups excluding carboxylic acids is 1. The second kappa shape index (κ2) is 19.8. The Labute approximate surface area is 291 Å². The minimum atomic E-state index is -0.266. The standard InChI is InChI=1S/C42H54N2O2.C2H6/c1-8-12-13-19-34(42(45)46-29-36-20-15-22-43-36)26-33(10-3)40-27-35(28-41-37(40)21-23-44(41)11-4)39-25-31(6)24-38(39)32(7)18-14-17-30(5)16-9-2;1-2/h10,14,16-19,21,23-28,31,36,43H,3,8-9,11-13,15,20,22,29H2,1-2,4-7H3;1-2H3/b17-14-,30-16+,32-18+,33-26+,34-19+;. The van der Waals surface area contributed by atoms with Crippen LogP contribution >= 0.6 is 0 Å². The molecular weight excluding hydrogens is 588 g/mol. The molecule has 48 heavy (non-hydrogen) atoms. The Hall–Kier alpha value is -3.89. The fraction of sp³-hybridized carbons (Fsp3) is 0.432. The van der Waals surface area contributed by atoms with Crippen molar-refractivity contribution >= 4 is 28.0 Å². The maximum atomic E-state index is 13.5. The van der Waals surface area contributed by atoms with Crippen molar-refractivity contribution in [3.8, 4) is 0 Å². The van der Waals surface area contributed by atoms with E-state index in [1.54, 1.807) is 0 Å². The van der Waals surface area contributed by atoms with E-state index in [-0.39, 0.29) is 12.0 Å². The molecule has 4 rings (SSSR count). The molecule has 4 heteroatoms. The minimum Gasteiger partial charge on any atom is -0.460 e. The van der Waals surface area contributed by atoms with Gasteiger partial charge in [0, 0.05) is 29.7 Å². The van der Waals surface area contributed by atoms with Crippen molar-refractivity contribution in [1.29, 1.82) is 0 Å². The maximum Gasteiger partial charge on any atom is 0.337 e. The number of carbonyl (C=O) groups is 1. The van der Waals surface area contributed by atoms with Crippen molar-refractivity contribution in [2.45, 2.75) is 107 Å². The normalized spacial score (nSPS) is 19.0. The third kappa shape index (κ3) is 10.3. The van der Waals surface area contributed by atoms with Gasteiger partial charge in [-0.2, -0.15) is 0 Å². The van der Waals surface area contributed by atoms with Crippen molar-refractivity contribution in [3.05, 3.63) is 119 Å². The van der Waals surface area contributed by atoms with Gasteiger partial charge in [-0.15, -0.1) is 0 Å². The smallest absolute Gasteiger partial charge is 0.337 e. The third-order valence-corrected chi connectivity index (χ3v) is 8.92. The summed E-state index contributed by atoms with van der Waals surface area (Å²) < 4.78 is 8.13. The fourth-order valence-electron chi connectivity index (χ4n) is 6.37. The van der Waals surface area contributed by atoms with Crippen LogP contribution in [0.25, 0.3) is 22.0 Å². The molecule has 2 unspecified atom stereocenters. The largest absolute Gasteiger partial charge is 0.460 e. The van der Waals surface area contributed by atoms with E-state index < -0.39 is 0 Å². The molecule has 1 saturated heterocycles. The summed E-state index contributed by atoms with van der Waals surface area (Å²) in [6, 6.07) is 7.02. The van der Waals surface area contributed by atoms with Crippen LogP contribution in [0.2, 0.25) is 0 Å². The highest BCUT2D eigenvalue weighted by Gasteiger charge is 2.22. The number of nitrogens with one attached hydrogen (secondary N) is 1. The van der Waals surface area contributed by atoms with Crippen molar-refractivity contribution in [2.24, 2.45) is 5.92 Å². The van der Waals surface area contributed by atoms with Gasteiger partial charge in [-0.1, -0.05) is 108 Å². The summed E-state index contributed by atoms with van der Waals surface area (Å²) in [6.45, 7) is 23.6. The number of benzene rings is 1. The van der Waals surface area contributed by atoms with E-state index in [4.69, 9.17) is 4.74 Å². The summed E-state index contributed by atoms with van der Waals surface area (Å²) >= 11 is 0. The van der Waals surface area contributed by atoms with Crippen LogP contribution < -0.4 is 5.32 Å². The van der Waals surface area contributed by atoms with Gasteiger partial charge in [0.2, 0.25) is 0 Å². The molecule has 0 spiro atoms. The van der Waals surface area contributed by atoms with E-state index in [0.29, 0.717) is 18.1 Å². The van der Waals surface area contributed by atoms with Crippen LogP contribution in [0.5, 0.6) is 0 Å². The van der Waals surface area contributed by atoms with Crippen molar-refractivity contribution in [1.82, 2.24) is 9.88 Å². The summed E-state index contributed by atoms with van der Waals surface area (Å²) in [4.78, 5) is 13.5. The van der Waals surface area contributed by atoms with E-state index in [0.717, 1.165) is 68.1 Å². The quantitative estimate of drug-likeness (QED) is 0.0904. The van der Waals surface area contributed by atoms with Gasteiger partial charge in [0.25, 0.3) is 0 Å². The number of esters is 1. The third-order valence-electron chi connectivity index (χ3n) is 8.92. The number of aryl methyl sites for hydroxylation is 1. The van der Waals surface area contributed by atoms with Crippen LogP contribution in [-0.4, -0.2) is 29.7 Å². The van der Waals surface area contributed by atoms with E-state index in [1.807, 2.05) is 32.1 Å². The van der Waals surface area contributed by atoms with E-state index in [9.17, 15) is 4.79 Å². The van der Waals surface area contributed by atoms with Crippen LogP contribution in [0.4, 0.5) is 0 Å². The average molecular weight is 649 g/mol. The molecule has 1 fully saturated rings. The Bertz CT molecular complexity index is 1610. The number of ether oxygens (including phenoxy) is 1. The van der Waals surface area contributed by atoms with Crippen LogP contribution in [0.15, 0.2) is 108 Å². The number of fused-ring (bicyclic) bond motifs is 1. The van der Waals surface area contributed by atoms with Crippen molar-refractivity contribution < 1.29 is 9.53 Å². The number of unbranched alkanes of at least 4 members (excludes halogenated alkanes) is 2. The van der Waals surface area contributed by atoms with Gasteiger partial charge in [-0.25, -0.2) is 4.79 Å². The lowest BCUT2D eigenvalue weighted by atomic mass is 9.90. The molecule has 0 saturated carbocycles. The number of rotatable bonds is 15. The zero-order valence-corrected chi connectivity index (χ0v) is 31.0. The monoisotopic (exact) mass is 648 g/mol. The lowest BCUT2D eigenvalue weighted by Crippen LogP contribution is -2.28. The molecule has 2 atom stereocenters. The Morgan fingerprint density at radius 2 is 1.92 bits per heavy atom. The molecule has 0 amide bonds. The summed E-state index contributed by atoms with van der Waals surface area (Å²) in [7, 11) is 0. The van der Waals surface area contributed by atoms with Crippen LogP contribution in [-0.2, 0) is 16.1 Å². The average Bonchev–Trinajstić information content (AvgIpc) is 3.86. The molecular formula is C44H60N2O2. The molecule has 1 N–H and O–H groups in total. The zero-order chi connectivity index (χ0) is 35.1. The highest BCUT2D eigenvalue weighted by molar-refractivity contribution is 6.02. The molecule has 4 nitrogen and oxygen atoms in total. The van der Waals surface area contributed by atoms with Crippen LogP contribution in [0, 0.1) is 5.92 Å². The first kappa shape index (κ1) is 38.6. The lowest BCUT2D eigenvalue weighted by molar-refractivity contribution is -0.139. The number of aromatic nitrogens is 1. The fourth-order valence-corrected chi connectivity index (χ4v) is 6.37. The molecule has 258 valence electrons. The first-order chi connectivity index (χ1) is 23.3. The molecule has 2 aliphatic rings. The molecule has 1 aromatic heterocycles. The van der Waals surface area contributed by atoms with Gasteiger partial charge >= 0.3 is 5.97 Å². The molecule has 1 aromatic carbocycles. The van der Waals surface area contributed by atoms with E-state index >= 15 is 0 Å². The molecule has 1 aliphatic carbocycles. The first-order valence-corrected chi connectivity index (χ1v) is 18.3. The SMILES string of the molecule is C=C/C(=C\C(=C/CCCC)C(=O)OCC1CCCN1)c1cc(C2=CC(C)C=C2/C(C)=C/C=C\C(C)=C\CC)cc2c1ccn2CC.CC. The first-order valence-electron chi connectivity index (χ1n) is 18.3. The molecule has 0 radical (unpaired) electrons. The van der Waals surface area contributed by atoms with Gasteiger partial charge < -0.3 is 14.6 Å². The molecule has 2 heterocycles. The van der Waals surface area contributed by atoms with Gasteiger partial charge in [0.1, 0.15) is 6.61 Å². The van der Waals surface area contributed by atoms with E-state index in [2.05, 4.69) is 119 Å². The van der Waals surface area contributed by atoms with Crippen molar-refractivity contribution in [3.63, 3.8) is 0 Å². The van der Waals surface area contributed by atoms with Crippen LogP contribution in [0.1, 0.15) is 105 Å². The van der Waals surface area contributed by atoms with Crippen molar-refractivity contribution in [2.75, 3.05) is 13.2 Å². The Balaban J connectivity index is 0.00000307. The Kier molecular flexibility index (Phi) is 15.9. The minimum absolute atomic E-state index is 0.239. The van der Waals surface area contributed by atoms with Gasteiger partial charge in [-0.05, 0) is 117 Å². The van der Waals surface area contributed by atoms with Gasteiger partial charge in [0.05, 0.1) is 5.57 Å². The molecule has 1 aliphatic heterocycles. The number of allylic oxidation sites excluding steroid dienone is 13. The predicted molar refractivity (Wildman–Crippen MR) is 209 cm³/mol. The summed E-state index contributed by atoms with van der Waals surface area (Å²) in [5, 5.41) is 4.58. The zero-order valence-electron chi connectivity index (χ0n) is 31.0. The van der Waals surface area contributed by atoms with Gasteiger partial charge in [0.15, 0.2) is 0 Å². The second-order valence-corrected chi connectivity index (χ2v) is 12.6. The van der Waals surface area contributed by atoms with E-state index in [1.165, 1.54) is 33.4 Å². The summed E-state index contributed by atoms with van der Waals surface area (Å²) in [6.07, 6.45) is 27.7. The number of hydrogen-bond donors (Lipinski definition) is 1. The highest BCUT2D eigenvalue weighted by atomic mass is 16.5. The topological polar surface area (TPSA) is 43.3 Å². The number of nitrogens with zero attached hydrogens (tertiary/aromatic N) is 1. The van der Waals surface area contributed by atoms with Crippen LogP contribution in [0.3, 0.4) is 0 Å². The highest BCUT2D eigenvalue weighted by Crippen LogP contribution is 2.40.